The lowest BCUT2D eigenvalue weighted by Gasteiger charge is -2.11. The van der Waals surface area contributed by atoms with Crippen molar-refractivity contribution in [2.45, 2.75) is 19.8 Å². The van der Waals surface area contributed by atoms with Crippen LogP contribution in [0.1, 0.15) is 30.1 Å². The molecule has 0 spiro atoms. The molecule has 1 fully saturated rings. The van der Waals surface area contributed by atoms with Crippen LogP contribution in [0.5, 0.6) is 0 Å². The van der Waals surface area contributed by atoms with Gasteiger partial charge < -0.3 is 5.32 Å². The van der Waals surface area contributed by atoms with E-state index in [4.69, 9.17) is 11.6 Å². The predicted molar refractivity (Wildman–Crippen MR) is 72.3 cm³/mol. The highest BCUT2D eigenvalue weighted by Gasteiger charge is 2.28. The third-order valence-corrected chi connectivity index (χ3v) is 3.75. The third kappa shape index (κ3) is 3.44. The molecule has 0 heterocycles. The second kappa shape index (κ2) is 5.57. The van der Waals surface area contributed by atoms with E-state index in [0.717, 1.165) is 0 Å². The van der Waals surface area contributed by atoms with Crippen LogP contribution >= 0.6 is 11.6 Å². The van der Waals surface area contributed by atoms with Crippen molar-refractivity contribution in [3.8, 4) is 0 Å². The number of halogens is 1. The number of nitrogens with zero attached hydrogens (tertiary/aromatic N) is 1. The Morgan fingerprint density at radius 3 is 2.84 bits per heavy atom. The number of nitrogens with one attached hydrogen (secondary N) is 1. The number of carbonyl (C=O) groups is 1. The SMILES string of the molecule is CC(CNC(=O)c1cc([N+](=O)[O-])ccc1Cl)C1CC1. The third-order valence-electron chi connectivity index (χ3n) is 3.42. The molecule has 0 saturated heterocycles. The Bertz CT molecular complexity index is 515. The van der Waals surface area contributed by atoms with Gasteiger partial charge in [0.1, 0.15) is 0 Å². The van der Waals surface area contributed by atoms with Crippen LogP contribution in [-0.4, -0.2) is 17.4 Å². The van der Waals surface area contributed by atoms with Gasteiger partial charge >= 0.3 is 0 Å². The fourth-order valence-corrected chi connectivity index (χ4v) is 2.19. The molecule has 0 aliphatic heterocycles. The molecular formula is C13H15ClN2O3. The molecule has 2 rings (SSSR count). The fraction of sp³-hybridized carbons (Fsp3) is 0.462. The number of non-ortho nitro benzene ring substituents is 1. The molecule has 1 saturated carbocycles. The van der Waals surface area contributed by atoms with Crippen LogP contribution in [0.3, 0.4) is 0 Å². The number of nitro groups is 1. The van der Waals surface area contributed by atoms with Gasteiger partial charge in [-0.1, -0.05) is 18.5 Å². The Kier molecular flexibility index (Phi) is 4.04. The molecule has 1 atom stereocenters. The lowest BCUT2D eigenvalue weighted by Crippen LogP contribution is -2.29. The van der Waals surface area contributed by atoms with Gasteiger partial charge in [-0.15, -0.1) is 0 Å². The average Bonchev–Trinajstić information content (AvgIpc) is 3.20. The van der Waals surface area contributed by atoms with Crippen LogP contribution in [0.25, 0.3) is 0 Å². The Labute approximate surface area is 116 Å². The van der Waals surface area contributed by atoms with Gasteiger partial charge in [-0.3, -0.25) is 14.9 Å². The van der Waals surface area contributed by atoms with Gasteiger partial charge in [0, 0.05) is 18.7 Å². The molecule has 19 heavy (non-hydrogen) atoms. The quantitative estimate of drug-likeness (QED) is 0.666. The molecule has 1 aromatic carbocycles. The summed E-state index contributed by atoms with van der Waals surface area (Å²) in [6.45, 7) is 2.66. The molecule has 0 radical (unpaired) electrons. The molecule has 1 N–H and O–H groups in total. The molecule has 1 unspecified atom stereocenters. The molecular weight excluding hydrogens is 268 g/mol. The highest BCUT2D eigenvalue weighted by atomic mass is 35.5. The van der Waals surface area contributed by atoms with Gasteiger partial charge in [0.15, 0.2) is 0 Å². The summed E-state index contributed by atoms with van der Waals surface area (Å²) in [7, 11) is 0. The minimum atomic E-state index is -0.542. The molecule has 0 bridgehead atoms. The van der Waals surface area contributed by atoms with Crippen LogP contribution in [0.4, 0.5) is 5.69 Å². The number of nitro benzene ring substituents is 1. The number of benzene rings is 1. The van der Waals surface area contributed by atoms with E-state index in [-0.39, 0.29) is 22.2 Å². The van der Waals surface area contributed by atoms with E-state index >= 15 is 0 Å². The van der Waals surface area contributed by atoms with E-state index in [9.17, 15) is 14.9 Å². The van der Waals surface area contributed by atoms with E-state index in [1.165, 1.54) is 31.0 Å². The highest BCUT2D eigenvalue weighted by molar-refractivity contribution is 6.33. The van der Waals surface area contributed by atoms with Crippen LogP contribution in [0.15, 0.2) is 18.2 Å². The lowest BCUT2D eigenvalue weighted by atomic mass is 10.1. The Morgan fingerprint density at radius 2 is 2.26 bits per heavy atom. The lowest BCUT2D eigenvalue weighted by molar-refractivity contribution is -0.384. The Morgan fingerprint density at radius 1 is 1.58 bits per heavy atom. The second-order valence-corrected chi connectivity index (χ2v) is 5.35. The maximum Gasteiger partial charge on any atom is 0.270 e. The molecule has 1 aliphatic carbocycles. The first-order valence-corrected chi connectivity index (χ1v) is 6.59. The van der Waals surface area contributed by atoms with Crippen molar-refractivity contribution in [1.29, 1.82) is 0 Å². The molecule has 1 aliphatic rings. The number of hydrogen-bond acceptors (Lipinski definition) is 3. The van der Waals surface area contributed by atoms with Gasteiger partial charge in [0.25, 0.3) is 11.6 Å². The van der Waals surface area contributed by atoms with Crippen molar-refractivity contribution in [2.75, 3.05) is 6.54 Å². The first-order valence-electron chi connectivity index (χ1n) is 6.21. The molecule has 102 valence electrons. The first-order chi connectivity index (χ1) is 8.99. The average molecular weight is 283 g/mol. The topological polar surface area (TPSA) is 72.2 Å². The second-order valence-electron chi connectivity index (χ2n) is 4.95. The largest absolute Gasteiger partial charge is 0.352 e. The maximum atomic E-state index is 12.0. The van der Waals surface area contributed by atoms with Crippen molar-refractivity contribution < 1.29 is 9.72 Å². The molecule has 6 heteroatoms. The van der Waals surface area contributed by atoms with Crippen molar-refractivity contribution in [3.05, 3.63) is 38.9 Å². The molecule has 1 amide bonds. The summed E-state index contributed by atoms with van der Waals surface area (Å²) in [5.41, 5.74) is 0.0173. The number of hydrogen-bond donors (Lipinski definition) is 1. The Balaban J connectivity index is 2.04. The van der Waals surface area contributed by atoms with Gasteiger partial charge in [-0.05, 0) is 30.7 Å². The maximum absolute atomic E-state index is 12.0. The molecule has 0 aromatic heterocycles. The van der Waals surface area contributed by atoms with Crippen LogP contribution in [0, 0.1) is 22.0 Å². The summed E-state index contributed by atoms with van der Waals surface area (Å²) < 4.78 is 0. The van der Waals surface area contributed by atoms with E-state index in [1.807, 2.05) is 0 Å². The zero-order chi connectivity index (χ0) is 14.0. The van der Waals surface area contributed by atoms with E-state index < -0.39 is 4.92 Å². The molecule has 1 aromatic rings. The van der Waals surface area contributed by atoms with Crippen molar-refractivity contribution in [1.82, 2.24) is 5.32 Å². The van der Waals surface area contributed by atoms with Gasteiger partial charge in [0.2, 0.25) is 0 Å². The first kappa shape index (κ1) is 13.8. The van der Waals surface area contributed by atoms with Crippen LogP contribution < -0.4 is 5.32 Å². The number of amides is 1. The Hall–Kier alpha value is -1.62. The summed E-state index contributed by atoms with van der Waals surface area (Å²) in [5, 5.41) is 13.7. The minimum absolute atomic E-state index is 0.134. The van der Waals surface area contributed by atoms with Crippen molar-refractivity contribution >= 4 is 23.2 Å². The van der Waals surface area contributed by atoms with Crippen molar-refractivity contribution in [2.24, 2.45) is 11.8 Å². The normalized spacial score (nSPS) is 15.9. The smallest absolute Gasteiger partial charge is 0.270 e. The number of rotatable bonds is 5. The molecule has 5 nitrogen and oxygen atoms in total. The minimum Gasteiger partial charge on any atom is -0.352 e. The van der Waals surface area contributed by atoms with Crippen LogP contribution in [0.2, 0.25) is 5.02 Å². The summed E-state index contributed by atoms with van der Waals surface area (Å²) in [5.74, 6) is 0.767. The van der Waals surface area contributed by atoms with Gasteiger partial charge in [-0.25, -0.2) is 0 Å². The summed E-state index contributed by atoms with van der Waals surface area (Å²) in [4.78, 5) is 22.1. The standard InChI is InChI=1S/C13H15ClN2O3/c1-8(9-2-3-9)7-15-13(17)11-6-10(16(18)19)4-5-12(11)14/h4-6,8-9H,2-3,7H2,1H3,(H,15,17). The zero-order valence-electron chi connectivity index (χ0n) is 10.6. The van der Waals surface area contributed by atoms with Crippen LogP contribution in [-0.2, 0) is 0 Å². The number of carbonyl (C=O) groups excluding carboxylic acids is 1. The summed E-state index contributed by atoms with van der Waals surface area (Å²) >= 11 is 5.90. The van der Waals surface area contributed by atoms with Crippen molar-refractivity contribution in [3.63, 3.8) is 0 Å². The summed E-state index contributed by atoms with van der Waals surface area (Å²) in [6, 6.07) is 3.87. The monoisotopic (exact) mass is 282 g/mol. The van der Waals surface area contributed by atoms with E-state index in [0.29, 0.717) is 18.4 Å². The fourth-order valence-electron chi connectivity index (χ4n) is 1.98. The van der Waals surface area contributed by atoms with E-state index in [2.05, 4.69) is 12.2 Å². The predicted octanol–water partition coefficient (Wildman–Crippen LogP) is 3.02. The summed E-state index contributed by atoms with van der Waals surface area (Å²) in [6.07, 6.45) is 2.43. The zero-order valence-corrected chi connectivity index (χ0v) is 11.3. The van der Waals surface area contributed by atoms with Gasteiger partial charge in [-0.2, -0.15) is 0 Å². The highest BCUT2D eigenvalue weighted by Crippen LogP contribution is 2.36. The van der Waals surface area contributed by atoms with E-state index in [1.54, 1.807) is 0 Å². The van der Waals surface area contributed by atoms with Gasteiger partial charge in [0.05, 0.1) is 15.5 Å².